The molecule has 0 unspecified atom stereocenters. The number of benzene rings is 8. The zero-order valence-electron chi connectivity index (χ0n) is 28.8. The van der Waals surface area contributed by atoms with Gasteiger partial charge in [-0.05, 0) is 75.8 Å². The van der Waals surface area contributed by atoms with Gasteiger partial charge in [0.05, 0.1) is 0 Å². The summed E-state index contributed by atoms with van der Waals surface area (Å²) in [6, 6.07) is 57.7. The van der Waals surface area contributed by atoms with Gasteiger partial charge in [0, 0.05) is 38.4 Å². The van der Waals surface area contributed by atoms with E-state index in [4.69, 9.17) is 28.8 Å². The summed E-state index contributed by atoms with van der Waals surface area (Å²) in [4.78, 5) is 20.2. The Morgan fingerprint density at radius 2 is 0.963 bits per heavy atom. The Balaban J connectivity index is 1.06. The molecule has 8 aromatic carbocycles. The second kappa shape index (κ2) is 12.1. The summed E-state index contributed by atoms with van der Waals surface area (Å²) in [5, 5.41) is 6.48. The van der Waals surface area contributed by atoms with E-state index in [0.29, 0.717) is 23.4 Å². The number of aromatic nitrogens is 4. The maximum Gasteiger partial charge on any atom is 0.227 e. The molecule has 54 heavy (non-hydrogen) atoms. The zero-order valence-corrected chi connectivity index (χ0v) is 28.8. The quantitative estimate of drug-likeness (QED) is 0.179. The number of hydrogen-bond donors (Lipinski definition) is 0. The predicted octanol–water partition coefficient (Wildman–Crippen LogP) is 12.6. The van der Waals surface area contributed by atoms with Crippen LogP contribution in [0.2, 0.25) is 0 Å². The molecule has 11 aromatic rings. The first-order valence-electron chi connectivity index (χ1n) is 17.9. The van der Waals surface area contributed by atoms with E-state index in [0.717, 1.165) is 82.6 Å². The van der Waals surface area contributed by atoms with Crippen LogP contribution in [-0.2, 0) is 0 Å². The minimum Gasteiger partial charge on any atom is -0.456 e. The average molecular weight is 693 g/mol. The molecule has 0 aliphatic rings. The molecule has 0 fully saturated rings. The van der Waals surface area contributed by atoms with Crippen LogP contribution >= 0.6 is 0 Å². The van der Waals surface area contributed by atoms with Gasteiger partial charge in [-0.3, -0.25) is 0 Å². The van der Waals surface area contributed by atoms with E-state index in [1.165, 1.54) is 5.39 Å². The minimum absolute atomic E-state index is 0.586. The van der Waals surface area contributed by atoms with Crippen molar-refractivity contribution in [1.82, 2.24) is 19.9 Å². The van der Waals surface area contributed by atoms with Gasteiger partial charge in [0.25, 0.3) is 0 Å². The topological polar surface area (TPSA) is 77.8 Å². The molecular formula is C48H28N4O2. The first-order chi connectivity index (χ1) is 26.7. The lowest BCUT2D eigenvalue weighted by Crippen LogP contribution is -2.00. The Bertz CT molecular complexity index is 3240. The Morgan fingerprint density at radius 3 is 1.81 bits per heavy atom. The second-order valence-corrected chi connectivity index (χ2v) is 13.5. The summed E-state index contributed by atoms with van der Waals surface area (Å²) >= 11 is 0. The van der Waals surface area contributed by atoms with Crippen LogP contribution in [0, 0.1) is 0 Å². The summed E-state index contributed by atoms with van der Waals surface area (Å²) in [5.41, 5.74) is 8.94. The molecule has 0 atom stereocenters. The number of hydrogen-bond acceptors (Lipinski definition) is 6. The highest BCUT2D eigenvalue weighted by Crippen LogP contribution is 2.39. The van der Waals surface area contributed by atoms with Crippen molar-refractivity contribution in [2.45, 2.75) is 0 Å². The van der Waals surface area contributed by atoms with E-state index in [-0.39, 0.29) is 0 Å². The Labute approximate surface area is 309 Å². The third kappa shape index (κ3) is 5.04. The molecule has 0 amide bonds. The molecule has 0 saturated heterocycles. The maximum absolute atomic E-state index is 6.51. The molecule has 11 rings (SSSR count). The smallest absolute Gasteiger partial charge is 0.227 e. The fourth-order valence-electron chi connectivity index (χ4n) is 7.48. The van der Waals surface area contributed by atoms with E-state index in [1.807, 2.05) is 72.8 Å². The van der Waals surface area contributed by atoms with Crippen LogP contribution in [-0.4, -0.2) is 19.9 Å². The Hall–Kier alpha value is -7.44. The number of oxazole rings is 1. The minimum atomic E-state index is 0.586. The van der Waals surface area contributed by atoms with Crippen LogP contribution < -0.4 is 0 Å². The highest BCUT2D eigenvalue weighted by atomic mass is 16.3. The fourth-order valence-corrected chi connectivity index (χ4v) is 7.48. The van der Waals surface area contributed by atoms with Crippen molar-refractivity contribution in [3.8, 4) is 56.7 Å². The van der Waals surface area contributed by atoms with E-state index < -0.39 is 0 Å². The molecule has 3 heterocycles. The van der Waals surface area contributed by atoms with Crippen LogP contribution in [0.4, 0.5) is 0 Å². The Morgan fingerprint density at radius 1 is 0.333 bits per heavy atom. The van der Waals surface area contributed by atoms with Crippen LogP contribution in [0.3, 0.4) is 0 Å². The van der Waals surface area contributed by atoms with Crippen LogP contribution in [0.5, 0.6) is 0 Å². The lowest BCUT2D eigenvalue weighted by atomic mass is 9.96. The molecule has 0 radical (unpaired) electrons. The fraction of sp³-hybridized carbons (Fsp3) is 0. The van der Waals surface area contributed by atoms with Gasteiger partial charge >= 0.3 is 0 Å². The summed E-state index contributed by atoms with van der Waals surface area (Å²) in [5.74, 6) is 2.38. The van der Waals surface area contributed by atoms with E-state index in [9.17, 15) is 0 Å². The molecule has 252 valence electrons. The molecule has 3 aromatic heterocycles. The lowest BCUT2D eigenvalue weighted by Gasteiger charge is -2.11. The molecule has 0 spiro atoms. The van der Waals surface area contributed by atoms with Crippen LogP contribution in [0.15, 0.2) is 179 Å². The molecule has 6 heteroatoms. The van der Waals surface area contributed by atoms with E-state index in [1.54, 1.807) is 0 Å². The molecular weight excluding hydrogens is 665 g/mol. The van der Waals surface area contributed by atoms with Gasteiger partial charge in [-0.1, -0.05) is 121 Å². The third-order valence-corrected chi connectivity index (χ3v) is 10.1. The van der Waals surface area contributed by atoms with Crippen molar-refractivity contribution in [2.75, 3.05) is 0 Å². The number of nitrogens with zero attached hydrogens (tertiary/aromatic N) is 4. The van der Waals surface area contributed by atoms with Crippen LogP contribution in [0.25, 0.3) is 111 Å². The SMILES string of the molecule is c1ccc(-c2nc(-c3cccc(-c4cc5nc(-c6ccc7ccccc7c6)oc5c5ccccc45)c3)nc(-c3ccc4oc5ccccc5c4c3)n2)cc1. The second-order valence-electron chi connectivity index (χ2n) is 13.5. The van der Waals surface area contributed by atoms with Crippen molar-refractivity contribution in [2.24, 2.45) is 0 Å². The van der Waals surface area contributed by atoms with Gasteiger partial charge in [-0.2, -0.15) is 0 Å². The first kappa shape index (κ1) is 30.2. The molecule has 0 aliphatic carbocycles. The number of para-hydroxylation sites is 1. The van der Waals surface area contributed by atoms with Gasteiger partial charge in [0.1, 0.15) is 16.7 Å². The normalized spacial score (nSPS) is 11.7. The number of fused-ring (bicyclic) bond motifs is 7. The maximum atomic E-state index is 6.51. The van der Waals surface area contributed by atoms with E-state index >= 15 is 0 Å². The van der Waals surface area contributed by atoms with E-state index in [2.05, 4.69) is 97.1 Å². The molecule has 0 aliphatic heterocycles. The zero-order chi connectivity index (χ0) is 35.6. The van der Waals surface area contributed by atoms with Gasteiger partial charge in [-0.15, -0.1) is 0 Å². The molecule has 6 nitrogen and oxygen atoms in total. The molecule has 0 bridgehead atoms. The van der Waals surface area contributed by atoms with Crippen molar-refractivity contribution >= 4 is 54.6 Å². The molecule has 0 saturated carbocycles. The summed E-state index contributed by atoms with van der Waals surface area (Å²) in [6.07, 6.45) is 0. The van der Waals surface area contributed by atoms with Crippen molar-refractivity contribution < 1.29 is 8.83 Å². The highest BCUT2D eigenvalue weighted by molar-refractivity contribution is 6.11. The lowest BCUT2D eigenvalue weighted by molar-refractivity contribution is 0.623. The average Bonchev–Trinajstić information content (AvgIpc) is 3.85. The summed E-state index contributed by atoms with van der Waals surface area (Å²) < 4.78 is 12.6. The van der Waals surface area contributed by atoms with Crippen LogP contribution in [0.1, 0.15) is 0 Å². The van der Waals surface area contributed by atoms with Crippen molar-refractivity contribution in [1.29, 1.82) is 0 Å². The van der Waals surface area contributed by atoms with Gasteiger partial charge in [-0.25, -0.2) is 19.9 Å². The predicted molar refractivity (Wildman–Crippen MR) is 217 cm³/mol. The highest BCUT2D eigenvalue weighted by Gasteiger charge is 2.18. The first-order valence-corrected chi connectivity index (χ1v) is 17.9. The number of furan rings is 1. The summed E-state index contributed by atoms with van der Waals surface area (Å²) in [6.45, 7) is 0. The van der Waals surface area contributed by atoms with Gasteiger partial charge < -0.3 is 8.83 Å². The standard InChI is InChI=1S/C48H28N4O2/c1-2-12-30(13-3-1)45-50-46(52-47(51-45)34-23-24-43-40(27-34)37-18-8-9-20-42(37)53-43)33-16-10-15-32(26-33)39-28-41-44(38-19-7-6-17-36(38)39)54-48(49-41)35-22-21-29-11-4-5-14-31(29)25-35/h1-28H. The molecule has 0 N–H and O–H groups in total. The largest absolute Gasteiger partial charge is 0.456 e. The monoisotopic (exact) mass is 692 g/mol. The summed E-state index contributed by atoms with van der Waals surface area (Å²) in [7, 11) is 0. The third-order valence-electron chi connectivity index (χ3n) is 10.1. The van der Waals surface area contributed by atoms with Crippen molar-refractivity contribution in [3.05, 3.63) is 170 Å². The van der Waals surface area contributed by atoms with Gasteiger partial charge in [0.2, 0.25) is 5.89 Å². The number of rotatable bonds is 5. The van der Waals surface area contributed by atoms with Gasteiger partial charge in [0.15, 0.2) is 23.1 Å². The Kier molecular flexibility index (Phi) is 6.75. The van der Waals surface area contributed by atoms with Crippen molar-refractivity contribution in [3.63, 3.8) is 0 Å².